The van der Waals surface area contributed by atoms with Gasteiger partial charge < -0.3 is 4.98 Å². The Kier molecular flexibility index (Phi) is 3.75. The third-order valence-electron chi connectivity index (χ3n) is 3.89. The van der Waals surface area contributed by atoms with E-state index in [0.717, 1.165) is 22.9 Å². The Balaban J connectivity index is 1.98. The van der Waals surface area contributed by atoms with Crippen molar-refractivity contribution >= 4 is 10.9 Å². The van der Waals surface area contributed by atoms with Gasteiger partial charge in [-0.1, -0.05) is 37.6 Å². The highest BCUT2D eigenvalue weighted by atomic mass is 14.7. The normalized spacial score (nSPS) is 10.7. The Hall–Kier alpha value is -2.53. The Labute approximate surface area is 125 Å². The summed E-state index contributed by atoms with van der Waals surface area (Å²) in [5.41, 5.74) is 5.50. The summed E-state index contributed by atoms with van der Waals surface area (Å²) in [6, 6.07) is 16.7. The van der Waals surface area contributed by atoms with Crippen LogP contribution in [0.1, 0.15) is 30.9 Å². The third-order valence-corrected chi connectivity index (χ3v) is 3.89. The number of fused-ring (bicyclic) bond motifs is 1. The van der Waals surface area contributed by atoms with Gasteiger partial charge in [-0.25, -0.2) is 0 Å². The van der Waals surface area contributed by atoms with Crippen LogP contribution in [-0.4, -0.2) is 4.98 Å². The Morgan fingerprint density at radius 1 is 1.10 bits per heavy atom. The fourth-order valence-corrected chi connectivity index (χ4v) is 2.66. The lowest BCUT2D eigenvalue weighted by molar-refractivity contribution is 0.795. The highest BCUT2D eigenvalue weighted by Crippen LogP contribution is 2.29. The van der Waals surface area contributed by atoms with E-state index in [0.29, 0.717) is 5.56 Å². The second kappa shape index (κ2) is 5.85. The number of nitrogens with zero attached hydrogens (tertiary/aromatic N) is 1. The lowest BCUT2D eigenvalue weighted by Crippen LogP contribution is -1.84. The average Bonchev–Trinajstić information content (AvgIpc) is 2.96. The van der Waals surface area contributed by atoms with Crippen molar-refractivity contribution in [2.75, 3.05) is 0 Å². The van der Waals surface area contributed by atoms with Gasteiger partial charge in [0.2, 0.25) is 0 Å². The number of aromatic amines is 1. The molecule has 21 heavy (non-hydrogen) atoms. The highest BCUT2D eigenvalue weighted by molar-refractivity contribution is 5.96. The molecule has 1 heterocycles. The van der Waals surface area contributed by atoms with Gasteiger partial charge >= 0.3 is 0 Å². The Bertz CT molecular complexity index is 789. The monoisotopic (exact) mass is 274 g/mol. The van der Waals surface area contributed by atoms with Crippen LogP contribution in [0.3, 0.4) is 0 Å². The summed E-state index contributed by atoms with van der Waals surface area (Å²) in [7, 11) is 0. The number of hydrogen-bond acceptors (Lipinski definition) is 1. The Morgan fingerprint density at radius 2 is 1.90 bits per heavy atom. The molecule has 1 aromatic heterocycles. The zero-order valence-corrected chi connectivity index (χ0v) is 12.2. The summed E-state index contributed by atoms with van der Waals surface area (Å²) < 4.78 is 0. The van der Waals surface area contributed by atoms with Crippen LogP contribution in [0.2, 0.25) is 0 Å². The minimum Gasteiger partial charge on any atom is -0.361 e. The lowest BCUT2D eigenvalue weighted by atomic mass is 10.0. The molecule has 0 unspecified atom stereocenters. The second-order valence-corrected chi connectivity index (χ2v) is 5.37. The zero-order chi connectivity index (χ0) is 14.7. The van der Waals surface area contributed by atoms with Crippen molar-refractivity contribution in [3.8, 4) is 17.2 Å². The maximum Gasteiger partial charge on any atom is 0.0991 e. The summed E-state index contributed by atoms with van der Waals surface area (Å²) in [6.45, 7) is 2.22. The van der Waals surface area contributed by atoms with Gasteiger partial charge in [0.25, 0.3) is 0 Å². The van der Waals surface area contributed by atoms with Crippen molar-refractivity contribution in [1.82, 2.24) is 4.98 Å². The largest absolute Gasteiger partial charge is 0.361 e. The molecule has 2 heteroatoms. The van der Waals surface area contributed by atoms with Crippen LogP contribution in [0.25, 0.3) is 22.0 Å². The standard InChI is InChI=1S/C19H18N2/c1-2-3-4-14-5-8-16(9-6-14)18-13-21-19-10-7-15(12-20)11-17(18)19/h5-11,13,21H,2-4H2,1H3. The second-order valence-electron chi connectivity index (χ2n) is 5.37. The quantitative estimate of drug-likeness (QED) is 0.710. The van der Waals surface area contributed by atoms with E-state index in [4.69, 9.17) is 5.26 Å². The topological polar surface area (TPSA) is 39.6 Å². The van der Waals surface area contributed by atoms with E-state index in [9.17, 15) is 0 Å². The van der Waals surface area contributed by atoms with Gasteiger partial charge in [0.05, 0.1) is 11.6 Å². The van der Waals surface area contributed by atoms with Gasteiger partial charge in [-0.3, -0.25) is 0 Å². The zero-order valence-electron chi connectivity index (χ0n) is 12.2. The first kappa shape index (κ1) is 13.5. The average molecular weight is 274 g/mol. The molecule has 2 aromatic carbocycles. The molecule has 0 saturated carbocycles. The van der Waals surface area contributed by atoms with E-state index in [2.05, 4.69) is 42.2 Å². The van der Waals surface area contributed by atoms with Crippen LogP contribution in [-0.2, 0) is 6.42 Å². The molecule has 0 radical (unpaired) electrons. The van der Waals surface area contributed by atoms with E-state index in [1.165, 1.54) is 24.0 Å². The first-order chi connectivity index (χ1) is 10.3. The molecule has 0 aliphatic rings. The van der Waals surface area contributed by atoms with Crippen molar-refractivity contribution < 1.29 is 0 Å². The van der Waals surface area contributed by atoms with Gasteiger partial charge in [-0.2, -0.15) is 5.26 Å². The van der Waals surface area contributed by atoms with Gasteiger partial charge in [0.1, 0.15) is 0 Å². The van der Waals surface area contributed by atoms with Gasteiger partial charge in [-0.05, 0) is 42.2 Å². The van der Waals surface area contributed by atoms with Crippen molar-refractivity contribution in [3.05, 3.63) is 59.8 Å². The molecule has 0 spiro atoms. The molecule has 104 valence electrons. The van der Waals surface area contributed by atoms with Crippen LogP contribution in [0.15, 0.2) is 48.7 Å². The molecule has 1 N–H and O–H groups in total. The highest BCUT2D eigenvalue weighted by Gasteiger charge is 2.07. The predicted octanol–water partition coefficient (Wildman–Crippen LogP) is 5.05. The minimum atomic E-state index is 0.697. The number of aromatic nitrogens is 1. The van der Waals surface area contributed by atoms with E-state index in [-0.39, 0.29) is 0 Å². The van der Waals surface area contributed by atoms with Gasteiger partial charge in [0.15, 0.2) is 0 Å². The molecule has 0 amide bonds. The number of rotatable bonds is 4. The molecular formula is C19H18N2. The lowest BCUT2D eigenvalue weighted by Gasteiger charge is -2.03. The minimum absolute atomic E-state index is 0.697. The molecule has 3 aromatic rings. The summed E-state index contributed by atoms with van der Waals surface area (Å²) in [6.07, 6.45) is 5.62. The third kappa shape index (κ3) is 2.68. The number of H-pyrrole nitrogens is 1. The Morgan fingerprint density at radius 3 is 2.62 bits per heavy atom. The van der Waals surface area contributed by atoms with Gasteiger partial charge in [-0.15, -0.1) is 0 Å². The smallest absolute Gasteiger partial charge is 0.0991 e. The molecule has 0 aliphatic carbocycles. The van der Waals surface area contributed by atoms with E-state index < -0.39 is 0 Å². The fourth-order valence-electron chi connectivity index (χ4n) is 2.66. The van der Waals surface area contributed by atoms with Crippen molar-refractivity contribution in [1.29, 1.82) is 5.26 Å². The molecule has 0 fully saturated rings. The van der Waals surface area contributed by atoms with E-state index >= 15 is 0 Å². The summed E-state index contributed by atoms with van der Waals surface area (Å²) in [5, 5.41) is 10.2. The molecule has 0 saturated heterocycles. The summed E-state index contributed by atoms with van der Waals surface area (Å²) in [5.74, 6) is 0. The summed E-state index contributed by atoms with van der Waals surface area (Å²) in [4.78, 5) is 3.28. The van der Waals surface area contributed by atoms with E-state index in [1.54, 1.807) is 0 Å². The number of aryl methyl sites for hydroxylation is 1. The van der Waals surface area contributed by atoms with Crippen molar-refractivity contribution in [2.24, 2.45) is 0 Å². The summed E-state index contributed by atoms with van der Waals surface area (Å²) >= 11 is 0. The SMILES string of the molecule is CCCCc1ccc(-c2c[nH]c3ccc(C#N)cc23)cc1. The molecule has 0 bridgehead atoms. The van der Waals surface area contributed by atoms with Crippen molar-refractivity contribution in [3.63, 3.8) is 0 Å². The molecule has 2 nitrogen and oxygen atoms in total. The molecule has 0 aliphatic heterocycles. The van der Waals surface area contributed by atoms with E-state index in [1.807, 2.05) is 24.4 Å². The van der Waals surface area contributed by atoms with Crippen LogP contribution in [0.4, 0.5) is 0 Å². The first-order valence-electron chi connectivity index (χ1n) is 7.42. The maximum atomic E-state index is 9.05. The number of unbranched alkanes of at least 4 members (excludes halogenated alkanes) is 1. The van der Waals surface area contributed by atoms with Crippen molar-refractivity contribution in [2.45, 2.75) is 26.2 Å². The maximum absolute atomic E-state index is 9.05. The number of nitriles is 1. The first-order valence-corrected chi connectivity index (χ1v) is 7.42. The fraction of sp³-hybridized carbons (Fsp3) is 0.211. The van der Waals surface area contributed by atoms with Crippen LogP contribution in [0.5, 0.6) is 0 Å². The van der Waals surface area contributed by atoms with Crippen LogP contribution >= 0.6 is 0 Å². The molecular weight excluding hydrogens is 256 g/mol. The molecule has 0 atom stereocenters. The molecule has 3 rings (SSSR count). The number of hydrogen-bond donors (Lipinski definition) is 1. The van der Waals surface area contributed by atoms with Gasteiger partial charge in [0, 0.05) is 22.7 Å². The number of nitrogens with one attached hydrogen (secondary N) is 1. The van der Waals surface area contributed by atoms with Crippen LogP contribution in [0, 0.1) is 11.3 Å². The number of benzene rings is 2. The van der Waals surface area contributed by atoms with Crippen LogP contribution < -0.4 is 0 Å². The predicted molar refractivity (Wildman–Crippen MR) is 87.1 cm³/mol.